The van der Waals surface area contributed by atoms with Crippen molar-refractivity contribution < 1.29 is 52.4 Å². The molecule has 0 amide bonds. The molecule has 9 N–H and O–H groups in total. The standard InChI is InChI=1S/C8H11NO3.C4H8O6/c9-4-8(12)5-1-2-6(10)7(11)3-5;5-2(1-10-9)3(6)4(7)8/h1-3,8,10-12H,4,9H2;2-3,5-6,9H,1H2,(H,7,8)/t8-;2-,3+/m10/s1/i1D,2D,3D,4D2;. The molecule has 1 aromatic carbocycles. The van der Waals surface area contributed by atoms with Gasteiger partial charge in [-0.1, -0.05) is 6.04 Å². The summed E-state index contributed by atoms with van der Waals surface area (Å²) in [6.07, 6.45) is -5.59. The molecule has 0 saturated heterocycles. The Balaban J connectivity index is 0.000000580. The molecule has 0 radical (unpaired) electrons. The van der Waals surface area contributed by atoms with Gasteiger partial charge in [-0.3, -0.25) is 5.26 Å². The maximum atomic E-state index is 9.87. The van der Waals surface area contributed by atoms with Crippen molar-refractivity contribution in [2.45, 2.75) is 18.3 Å². The van der Waals surface area contributed by atoms with Crippen LogP contribution in [0.2, 0.25) is 0 Å². The first-order chi connectivity index (χ1) is 12.2. The van der Waals surface area contributed by atoms with E-state index in [1.807, 2.05) is 0 Å². The van der Waals surface area contributed by atoms with Gasteiger partial charge in [-0.2, -0.15) is 0 Å². The number of phenolic OH excluding ortho intramolecular Hbond substituents is 2. The third kappa shape index (κ3) is 6.67. The molecule has 126 valence electrons. The second-order valence-electron chi connectivity index (χ2n) is 3.70. The number of hydrogen-bond donors (Lipinski definition) is 8. The molecule has 10 nitrogen and oxygen atoms in total. The normalized spacial score (nSPS) is 18.3. The molecule has 0 aliphatic carbocycles. The molecule has 10 heteroatoms. The summed E-state index contributed by atoms with van der Waals surface area (Å²) in [6.45, 7) is -3.27. The Bertz CT molecular complexity index is 641. The summed E-state index contributed by atoms with van der Waals surface area (Å²) in [6, 6.07) is -2.39. The Morgan fingerprint density at radius 2 is 1.91 bits per heavy atom. The van der Waals surface area contributed by atoms with Gasteiger partial charge in [-0.05, 0) is 17.6 Å². The van der Waals surface area contributed by atoms with Gasteiger partial charge in [0.05, 0.1) is 10.2 Å². The van der Waals surface area contributed by atoms with Crippen LogP contribution in [-0.4, -0.2) is 67.2 Å². The van der Waals surface area contributed by atoms with Gasteiger partial charge in [0.2, 0.25) is 0 Å². The van der Waals surface area contributed by atoms with Crippen LogP contribution in [0.5, 0.6) is 11.5 Å². The highest BCUT2D eigenvalue weighted by molar-refractivity contribution is 5.72. The third-order valence-electron chi connectivity index (χ3n) is 2.09. The summed E-state index contributed by atoms with van der Waals surface area (Å²) in [4.78, 5) is 13.3. The van der Waals surface area contributed by atoms with Crippen molar-refractivity contribution >= 4 is 5.97 Å². The molecule has 0 spiro atoms. The summed E-state index contributed by atoms with van der Waals surface area (Å²) in [5, 5.41) is 60.8. The first kappa shape index (κ1) is 12.6. The average molecular weight is 326 g/mol. The van der Waals surface area contributed by atoms with Gasteiger partial charge in [-0.25, -0.2) is 9.68 Å². The summed E-state index contributed by atoms with van der Waals surface area (Å²) in [7, 11) is 0. The van der Waals surface area contributed by atoms with Crippen LogP contribution < -0.4 is 5.73 Å². The van der Waals surface area contributed by atoms with Gasteiger partial charge in [-0.15, -0.1) is 0 Å². The molecule has 0 aromatic heterocycles. The largest absolute Gasteiger partial charge is 0.504 e. The van der Waals surface area contributed by atoms with Crippen LogP contribution in [0.25, 0.3) is 0 Å². The average Bonchev–Trinajstić information content (AvgIpc) is 2.57. The molecule has 0 aliphatic heterocycles. The predicted molar refractivity (Wildman–Crippen MR) is 72.0 cm³/mol. The summed E-state index contributed by atoms with van der Waals surface area (Å²) in [5.41, 5.74) is 4.36. The topological polar surface area (TPSA) is 194 Å². The zero-order chi connectivity index (χ0) is 21.7. The molecule has 0 fully saturated rings. The van der Waals surface area contributed by atoms with Crippen molar-refractivity contribution in [3.05, 3.63) is 23.7 Å². The van der Waals surface area contributed by atoms with E-state index in [0.717, 1.165) is 0 Å². The van der Waals surface area contributed by atoms with Crippen molar-refractivity contribution in [2.24, 2.45) is 5.73 Å². The Kier molecular flexibility index (Phi) is 5.66. The number of carboxylic acids is 1. The SMILES string of the molecule is O=C(O)[C@H](O)[C@@H](O)COO.[2H]c1c([2H])c([C@H](O)C([2H])([2H])N)c([2H])c(O)c1O. The lowest BCUT2D eigenvalue weighted by atomic mass is 10.1. The van der Waals surface area contributed by atoms with E-state index in [1.54, 1.807) is 0 Å². The lowest BCUT2D eigenvalue weighted by Gasteiger charge is -2.10. The van der Waals surface area contributed by atoms with Gasteiger partial charge in [0.15, 0.2) is 17.6 Å². The molecule has 0 aliphatic rings. The molecular weight excluding hydrogens is 302 g/mol. The molecule has 1 aromatic rings. The molecule has 0 heterocycles. The number of carbonyl (C=O) groups is 1. The van der Waals surface area contributed by atoms with Gasteiger partial charge < -0.3 is 36.4 Å². The lowest BCUT2D eigenvalue weighted by molar-refractivity contribution is -0.262. The van der Waals surface area contributed by atoms with Gasteiger partial charge in [0, 0.05) is 9.24 Å². The molecule has 0 unspecified atom stereocenters. The predicted octanol–water partition coefficient (Wildman–Crippen LogP) is -1.63. The number of phenols is 2. The second-order valence-corrected chi connectivity index (χ2v) is 3.70. The fraction of sp³-hybridized carbons (Fsp3) is 0.417. The molecular formula is C12H19NO9. The fourth-order valence-corrected chi connectivity index (χ4v) is 0.956. The molecule has 0 saturated carbocycles. The number of benzene rings is 1. The first-order valence-electron chi connectivity index (χ1n) is 8.02. The van der Waals surface area contributed by atoms with E-state index in [9.17, 15) is 20.1 Å². The number of aromatic hydroxyl groups is 2. The van der Waals surface area contributed by atoms with E-state index in [0.29, 0.717) is 0 Å². The highest BCUT2D eigenvalue weighted by Crippen LogP contribution is 2.27. The highest BCUT2D eigenvalue weighted by atomic mass is 17.1. The maximum absolute atomic E-state index is 9.87. The van der Waals surface area contributed by atoms with Crippen molar-refractivity contribution in [3.63, 3.8) is 0 Å². The smallest absolute Gasteiger partial charge is 0.335 e. The second kappa shape index (κ2) is 9.89. The van der Waals surface area contributed by atoms with E-state index in [2.05, 4.69) is 4.89 Å². The Hall–Kier alpha value is -1.95. The van der Waals surface area contributed by atoms with Crippen molar-refractivity contribution in [1.82, 2.24) is 0 Å². The van der Waals surface area contributed by atoms with Crippen LogP contribution in [0, 0.1) is 0 Å². The van der Waals surface area contributed by atoms with Gasteiger partial charge >= 0.3 is 5.97 Å². The fourth-order valence-electron chi connectivity index (χ4n) is 0.956. The first-order valence-corrected chi connectivity index (χ1v) is 5.52. The minimum Gasteiger partial charge on any atom is -0.504 e. The van der Waals surface area contributed by atoms with Crippen LogP contribution in [0.4, 0.5) is 0 Å². The van der Waals surface area contributed by atoms with Crippen LogP contribution in [-0.2, 0) is 9.68 Å². The molecule has 22 heavy (non-hydrogen) atoms. The van der Waals surface area contributed by atoms with Crippen molar-refractivity contribution in [3.8, 4) is 11.5 Å². The van der Waals surface area contributed by atoms with Crippen molar-refractivity contribution in [2.75, 3.05) is 13.1 Å². The lowest BCUT2D eigenvalue weighted by Crippen LogP contribution is -2.36. The summed E-state index contributed by atoms with van der Waals surface area (Å²) in [5.74, 6) is -3.53. The van der Waals surface area contributed by atoms with Gasteiger partial charge in [0.1, 0.15) is 12.7 Å². The summed E-state index contributed by atoms with van der Waals surface area (Å²) >= 11 is 0. The third-order valence-corrected chi connectivity index (χ3v) is 2.09. The van der Waals surface area contributed by atoms with E-state index in [4.69, 9.17) is 33.2 Å². The van der Waals surface area contributed by atoms with E-state index < -0.39 is 72.6 Å². The molecule has 1 rings (SSSR count). The number of hydrogen-bond acceptors (Lipinski definition) is 9. The van der Waals surface area contributed by atoms with E-state index in [1.165, 1.54) is 0 Å². The van der Waals surface area contributed by atoms with E-state index in [-0.39, 0.29) is 0 Å². The monoisotopic (exact) mass is 326 g/mol. The van der Waals surface area contributed by atoms with Crippen LogP contribution in [0.1, 0.15) is 18.5 Å². The minimum atomic E-state index is -2.64. The van der Waals surface area contributed by atoms with Crippen LogP contribution >= 0.6 is 0 Å². The Labute approximate surface area is 132 Å². The number of aliphatic hydroxyl groups excluding tert-OH is 3. The highest BCUT2D eigenvalue weighted by Gasteiger charge is 2.23. The number of nitrogens with two attached hydrogens (primary N) is 1. The Morgan fingerprint density at radius 3 is 2.36 bits per heavy atom. The van der Waals surface area contributed by atoms with Crippen molar-refractivity contribution in [1.29, 1.82) is 0 Å². The summed E-state index contributed by atoms with van der Waals surface area (Å²) < 4.78 is 36.2. The van der Waals surface area contributed by atoms with E-state index >= 15 is 0 Å². The zero-order valence-corrected chi connectivity index (χ0v) is 11.0. The quantitative estimate of drug-likeness (QED) is 0.171. The molecule has 0 bridgehead atoms. The maximum Gasteiger partial charge on any atom is 0.335 e. The zero-order valence-electron chi connectivity index (χ0n) is 16.0. The number of carboxylic acid groups (broad SMARTS) is 1. The number of aliphatic hydroxyl groups is 3. The number of rotatable bonds is 6. The van der Waals surface area contributed by atoms with Crippen LogP contribution in [0.3, 0.4) is 0 Å². The molecule has 3 atom stereocenters. The van der Waals surface area contributed by atoms with Gasteiger partial charge in [0.25, 0.3) is 0 Å². The number of aliphatic carboxylic acids is 1. The minimum absolute atomic E-state index is 0.631. The van der Waals surface area contributed by atoms with Crippen LogP contribution in [0.15, 0.2) is 18.1 Å². The Morgan fingerprint density at radius 1 is 1.32 bits per heavy atom.